The van der Waals surface area contributed by atoms with Gasteiger partial charge in [0.05, 0.1) is 16.9 Å². The highest BCUT2D eigenvalue weighted by Gasteiger charge is 2.44. The van der Waals surface area contributed by atoms with Crippen molar-refractivity contribution in [1.82, 2.24) is 4.57 Å². The average molecular weight is 1130 g/mol. The molecule has 0 fully saturated rings. The van der Waals surface area contributed by atoms with Gasteiger partial charge in [-0.25, -0.2) is 0 Å². The normalized spacial score (nSPS) is 15.1. The standard InChI is InChI=1S/C78H73BN4OS/c1-75(2,3)48-27-35-52(36-28-48)80(53-37-29-49(30-38-53)76(4,5)6)56-43-44-61-64(45-56)82(63-23-18-26-69-70(63)59-20-14-16-25-68(59)85-69)65-46-57(81(54-39-31-50(32-40-54)77(7,8)9)55-41-33-51(34-42-55)78(10,11)12)47-66-71(65)79(61)62-22-17-21-60-72(62)83(66)73-58-19-13-15-24-67(58)84-74(60)73/h13-33,35-47,51H,34H2,1-12H3. The fraction of sp³-hybridized carbons (Fsp3) is 0.231. The lowest BCUT2D eigenvalue weighted by Gasteiger charge is -2.42. The minimum atomic E-state index is -0.120. The molecule has 1 atom stereocenters. The van der Waals surface area contributed by atoms with Gasteiger partial charge in [0.15, 0.2) is 5.58 Å². The first-order valence-electron chi connectivity index (χ1n) is 30.5. The number of thiophene rings is 1. The highest BCUT2D eigenvalue weighted by molar-refractivity contribution is 7.26. The number of rotatable bonds is 7. The zero-order chi connectivity index (χ0) is 58.6. The molecule has 0 radical (unpaired) electrons. The van der Waals surface area contributed by atoms with Crippen LogP contribution in [0.5, 0.6) is 0 Å². The molecule has 5 nitrogen and oxygen atoms in total. The summed E-state index contributed by atoms with van der Waals surface area (Å²) in [6.45, 7) is 27.7. The van der Waals surface area contributed by atoms with Gasteiger partial charge in [0.1, 0.15) is 11.1 Å². The molecule has 5 heterocycles. The molecule has 0 amide bonds. The predicted molar refractivity (Wildman–Crippen MR) is 367 cm³/mol. The topological polar surface area (TPSA) is 27.8 Å². The van der Waals surface area contributed by atoms with Gasteiger partial charge in [0, 0.05) is 76.5 Å². The summed E-state index contributed by atoms with van der Waals surface area (Å²) in [4.78, 5) is 7.66. The quantitative estimate of drug-likeness (QED) is 0.149. The highest BCUT2D eigenvalue weighted by atomic mass is 32.1. The molecule has 2 aliphatic heterocycles. The number of furan rings is 1. The molecule has 0 bridgehead atoms. The molecule has 3 aromatic heterocycles. The molecular formula is C78H73BN4OS. The van der Waals surface area contributed by atoms with Crippen LogP contribution in [0.4, 0.5) is 45.5 Å². The first-order chi connectivity index (χ1) is 40.7. The summed E-state index contributed by atoms with van der Waals surface area (Å²) in [5.74, 6) is 0.411. The lowest BCUT2D eigenvalue weighted by atomic mass is 9.33. The lowest BCUT2D eigenvalue weighted by molar-refractivity contribution is 0.293. The molecule has 0 saturated heterocycles. The van der Waals surface area contributed by atoms with Crippen LogP contribution in [-0.4, -0.2) is 11.3 Å². The third kappa shape index (κ3) is 8.54. The Morgan fingerprint density at radius 2 is 1.02 bits per heavy atom. The molecule has 9 aromatic carbocycles. The van der Waals surface area contributed by atoms with E-state index in [0.29, 0.717) is 5.92 Å². The zero-order valence-electron chi connectivity index (χ0n) is 51.1. The van der Waals surface area contributed by atoms with Crippen LogP contribution in [0.1, 0.15) is 106 Å². The third-order valence-corrected chi connectivity index (χ3v) is 19.8. The Balaban J connectivity index is 1.07. The van der Waals surface area contributed by atoms with Gasteiger partial charge >= 0.3 is 0 Å². The number of para-hydroxylation sites is 2. The summed E-state index contributed by atoms with van der Waals surface area (Å²) in [6, 6.07) is 71.7. The number of nitrogens with zero attached hydrogens (tertiary/aromatic N) is 4. The minimum Gasteiger partial charge on any atom is -0.454 e. The second-order valence-electron chi connectivity index (χ2n) is 28.3. The Kier molecular flexibility index (Phi) is 11.9. The number of fused-ring (bicyclic) bond motifs is 12. The number of anilines is 8. The molecule has 1 aliphatic carbocycles. The molecule has 420 valence electrons. The third-order valence-electron chi connectivity index (χ3n) is 18.7. The van der Waals surface area contributed by atoms with Crippen molar-refractivity contribution in [2.75, 3.05) is 14.7 Å². The second kappa shape index (κ2) is 19.0. The lowest BCUT2D eigenvalue weighted by Crippen LogP contribution is -2.60. The van der Waals surface area contributed by atoms with E-state index in [2.05, 4.69) is 309 Å². The number of aromatic nitrogens is 1. The van der Waals surface area contributed by atoms with Crippen molar-refractivity contribution in [2.45, 2.75) is 106 Å². The Bertz CT molecular complexity index is 4680. The van der Waals surface area contributed by atoms with Crippen molar-refractivity contribution in [1.29, 1.82) is 0 Å². The molecule has 85 heavy (non-hydrogen) atoms. The van der Waals surface area contributed by atoms with Crippen molar-refractivity contribution in [3.05, 3.63) is 229 Å². The predicted octanol–water partition coefficient (Wildman–Crippen LogP) is 20.5. The average Bonchev–Trinajstić information content (AvgIpc) is 1.66. The van der Waals surface area contributed by atoms with E-state index in [0.717, 1.165) is 85.1 Å². The van der Waals surface area contributed by atoms with Gasteiger partial charge in [-0.2, -0.15) is 0 Å². The first kappa shape index (κ1) is 53.2. The van der Waals surface area contributed by atoms with E-state index in [4.69, 9.17) is 4.42 Å². The monoisotopic (exact) mass is 1120 g/mol. The van der Waals surface area contributed by atoms with Crippen LogP contribution < -0.4 is 31.1 Å². The van der Waals surface area contributed by atoms with Gasteiger partial charge in [0.25, 0.3) is 6.71 Å². The molecule has 0 N–H and O–H groups in total. The molecule has 0 spiro atoms. The fourth-order valence-electron chi connectivity index (χ4n) is 14.0. The van der Waals surface area contributed by atoms with E-state index in [-0.39, 0.29) is 28.4 Å². The zero-order valence-corrected chi connectivity index (χ0v) is 51.9. The molecular weight excluding hydrogens is 1050 g/mol. The van der Waals surface area contributed by atoms with Crippen LogP contribution in [0, 0.1) is 11.3 Å². The van der Waals surface area contributed by atoms with Crippen LogP contribution in [0.3, 0.4) is 0 Å². The van der Waals surface area contributed by atoms with Crippen LogP contribution in [0.2, 0.25) is 0 Å². The van der Waals surface area contributed by atoms with Crippen LogP contribution in [0.25, 0.3) is 58.8 Å². The van der Waals surface area contributed by atoms with Gasteiger partial charge in [-0.1, -0.05) is 186 Å². The molecule has 15 rings (SSSR count). The number of allylic oxidation sites excluding steroid dienone is 3. The Hall–Kier alpha value is -8.52. The van der Waals surface area contributed by atoms with E-state index < -0.39 is 0 Å². The van der Waals surface area contributed by atoms with Gasteiger partial charge in [-0.15, -0.1) is 11.3 Å². The van der Waals surface area contributed by atoms with E-state index in [1.165, 1.54) is 64.5 Å². The molecule has 1 unspecified atom stereocenters. The van der Waals surface area contributed by atoms with Gasteiger partial charge in [-0.05, 0) is 170 Å². The van der Waals surface area contributed by atoms with E-state index in [1.54, 1.807) is 0 Å². The van der Waals surface area contributed by atoms with Crippen LogP contribution in [-0.2, 0) is 16.2 Å². The van der Waals surface area contributed by atoms with Gasteiger partial charge < -0.3 is 23.7 Å². The second-order valence-corrected chi connectivity index (χ2v) is 29.4. The van der Waals surface area contributed by atoms with Crippen LogP contribution in [0.15, 0.2) is 216 Å². The Morgan fingerprint density at radius 1 is 0.471 bits per heavy atom. The number of benzene rings is 9. The SMILES string of the molecule is CC(C)(C)c1ccc(N(C2=CCC(C(C)(C)C)C=C2)c2cc3c4c(c2)-n2c5c(cccc5c5oc6ccccc6c52)B4c2ccc(N(c4ccc(C(C)(C)C)cc4)c4ccc(C(C)(C)C)cc4)cc2N3c2cccc3sc4ccccc4c23)cc1. The van der Waals surface area contributed by atoms with Gasteiger partial charge in [-0.3, -0.25) is 0 Å². The Labute approximate surface area is 505 Å². The summed E-state index contributed by atoms with van der Waals surface area (Å²) in [6.07, 6.45) is 8.29. The largest absolute Gasteiger partial charge is 0.454 e. The van der Waals surface area contributed by atoms with Crippen molar-refractivity contribution in [2.24, 2.45) is 11.3 Å². The smallest absolute Gasteiger partial charge is 0.252 e. The summed E-state index contributed by atoms with van der Waals surface area (Å²) in [5, 5.41) is 4.75. The highest BCUT2D eigenvalue weighted by Crippen LogP contribution is 2.51. The molecule has 0 saturated carbocycles. The molecule has 7 heteroatoms. The van der Waals surface area contributed by atoms with E-state index >= 15 is 0 Å². The van der Waals surface area contributed by atoms with E-state index in [9.17, 15) is 0 Å². The summed E-state index contributed by atoms with van der Waals surface area (Å²) >= 11 is 1.88. The van der Waals surface area contributed by atoms with Crippen molar-refractivity contribution < 1.29 is 4.42 Å². The van der Waals surface area contributed by atoms with Gasteiger partial charge in [0.2, 0.25) is 0 Å². The first-order valence-corrected chi connectivity index (χ1v) is 31.3. The van der Waals surface area contributed by atoms with E-state index in [1.807, 2.05) is 11.3 Å². The fourth-order valence-corrected chi connectivity index (χ4v) is 15.1. The molecule has 3 aliphatic rings. The number of hydrogen-bond acceptors (Lipinski definition) is 5. The minimum absolute atomic E-state index is 0.00443. The maximum Gasteiger partial charge on any atom is 0.252 e. The van der Waals surface area contributed by atoms with Crippen molar-refractivity contribution >= 4 is 133 Å². The maximum atomic E-state index is 7.03. The summed E-state index contributed by atoms with van der Waals surface area (Å²) in [7, 11) is 0. The summed E-state index contributed by atoms with van der Waals surface area (Å²) < 4.78 is 12.2. The van der Waals surface area contributed by atoms with Crippen molar-refractivity contribution in [3.63, 3.8) is 0 Å². The van der Waals surface area contributed by atoms with Crippen LogP contribution >= 0.6 is 11.3 Å². The maximum absolute atomic E-state index is 7.03. The summed E-state index contributed by atoms with van der Waals surface area (Å²) in [5.41, 5.74) is 23.3. The van der Waals surface area contributed by atoms with Crippen molar-refractivity contribution in [3.8, 4) is 5.69 Å². The Morgan fingerprint density at radius 3 is 1.65 bits per heavy atom. The number of hydrogen-bond donors (Lipinski definition) is 0. The molecule has 12 aromatic rings.